The van der Waals surface area contributed by atoms with E-state index >= 15 is 0 Å². The van der Waals surface area contributed by atoms with Crippen molar-refractivity contribution in [2.45, 2.75) is 44.6 Å². The number of hydrogen-bond acceptors (Lipinski definition) is 6. The molecule has 140 valence electrons. The Morgan fingerprint density at radius 2 is 1.65 bits per heavy atom. The molecule has 26 heavy (non-hydrogen) atoms. The molecule has 1 heterocycles. The number of nitrogens with one attached hydrogen (secondary N) is 2. The van der Waals surface area contributed by atoms with Gasteiger partial charge in [-0.25, -0.2) is 9.97 Å². The lowest BCUT2D eigenvalue weighted by Gasteiger charge is -2.17. The van der Waals surface area contributed by atoms with Crippen LogP contribution in [0.2, 0.25) is 0 Å². The molecule has 1 fully saturated rings. The normalized spacial score (nSPS) is 15.1. The van der Waals surface area contributed by atoms with Crippen LogP contribution in [0.4, 0.5) is 11.6 Å². The largest absolute Gasteiger partial charge is 0.497 e. The summed E-state index contributed by atoms with van der Waals surface area (Å²) >= 11 is 0. The van der Waals surface area contributed by atoms with Crippen molar-refractivity contribution in [2.24, 2.45) is 0 Å². The van der Waals surface area contributed by atoms with Gasteiger partial charge in [0, 0.05) is 12.1 Å². The van der Waals surface area contributed by atoms with Gasteiger partial charge in [0.25, 0.3) is 0 Å². The van der Waals surface area contributed by atoms with E-state index in [2.05, 4.69) is 20.6 Å². The van der Waals surface area contributed by atoms with Crippen LogP contribution in [0.3, 0.4) is 0 Å². The molecular weight excluding hydrogens is 328 g/mol. The van der Waals surface area contributed by atoms with E-state index in [0.717, 1.165) is 23.1 Å². The number of methoxy groups -OCH3 is 1. The molecule has 0 bridgehead atoms. The standard InChI is InChI=1S/C20H28N4O2/c1-25-17-8-10-18(11-9-17)26-13-12-21-19-14-20(23-15-22-19)24-16-6-4-2-3-5-7-16/h8-11,14-16H,2-7,12-13H2,1H3,(H2,21,22,23,24). The van der Waals surface area contributed by atoms with Crippen LogP contribution in [0.25, 0.3) is 0 Å². The van der Waals surface area contributed by atoms with Crippen molar-refractivity contribution in [1.82, 2.24) is 9.97 Å². The van der Waals surface area contributed by atoms with Gasteiger partial charge in [0.05, 0.1) is 13.7 Å². The van der Waals surface area contributed by atoms with Gasteiger partial charge in [0.2, 0.25) is 0 Å². The highest BCUT2D eigenvalue weighted by molar-refractivity contribution is 5.47. The van der Waals surface area contributed by atoms with E-state index in [9.17, 15) is 0 Å². The molecule has 1 aromatic heterocycles. The Kier molecular flexibility index (Phi) is 6.93. The van der Waals surface area contributed by atoms with Gasteiger partial charge < -0.3 is 20.1 Å². The SMILES string of the molecule is COc1ccc(OCCNc2cc(NC3CCCCCC3)ncn2)cc1. The Balaban J connectivity index is 1.42. The maximum atomic E-state index is 5.72. The molecule has 0 saturated heterocycles. The van der Waals surface area contributed by atoms with Crippen molar-refractivity contribution in [1.29, 1.82) is 0 Å². The average Bonchev–Trinajstić information content (AvgIpc) is 2.95. The summed E-state index contributed by atoms with van der Waals surface area (Å²) in [6.45, 7) is 1.23. The number of hydrogen-bond donors (Lipinski definition) is 2. The van der Waals surface area contributed by atoms with Crippen molar-refractivity contribution >= 4 is 11.6 Å². The second-order valence-corrected chi connectivity index (χ2v) is 6.57. The lowest BCUT2D eigenvalue weighted by Crippen LogP contribution is -2.19. The third kappa shape index (κ3) is 5.79. The molecule has 1 aliphatic rings. The van der Waals surface area contributed by atoms with E-state index in [1.54, 1.807) is 13.4 Å². The molecule has 0 unspecified atom stereocenters. The molecule has 1 aliphatic carbocycles. The van der Waals surface area contributed by atoms with Crippen LogP contribution in [0.1, 0.15) is 38.5 Å². The van der Waals surface area contributed by atoms with E-state index in [-0.39, 0.29) is 0 Å². The summed E-state index contributed by atoms with van der Waals surface area (Å²) in [5.74, 6) is 3.36. The maximum absolute atomic E-state index is 5.72. The van der Waals surface area contributed by atoms with Crippen LogP contribution in [0.5, 0.6) is 11.5 Å². The lowest BCUT2D eigenvalue weighted by atomic mass is 10.1. The summed E-state index contributed by atoms with van der Waals surface area (Å²) in [6.07, 6.45) is 9.36. The lowest BCUT2D eigenvalue weighted by molar-refractivity contribution is 0.331. The number of anilines is 2. The van der Waals surface area contributed by atoms with E-state index < -0.39 is 0 Å². The Bertz CT molecular complexity index is 655. The Morgan fingerprint density at radius 3 is 2.38 bits per heavy atom. The molecule has 6 nitrogen and oxygen atoms in total. The van der Waals surface area contributed by atoms with Crippen LogP contribution < -0.4 is 20.1 Å². The summed E-state index contributed by atoms with van der Waals surface area (Å²) in [7, 11) is 1.65. The topological polar surface area (TPSA) is 68.3 Å². The van der Waals surface area contributed by atoms with Crippen molar-refractivity contribution in [3.63, 3.8) is 0 Å². The van der Waals surface area contributed by atoms with E-state index in [0.29, 0.717) is 19.2 Å². The zero-order valence-corrected chi connectivity index (χ0v) is 15.4. The smallest absolute Gasteiger partial charge is 0.131 e. The van der Waals surface area contributed by atoms with E-state index in [4.69, 9.17) is 9.47 Å². The van der Waals surface area contributed by atoms with Crippen molar-refractivity contribution < 1.29 is 9.47 Å². The van der Waals surface area contributed by atoms with Crippen LogP contribution in [-0.2, 0) is 0 Å². The minimum Gasteiger partial charge on any atom is -0.497 e. The minimum absolute atomic E-state index is 0.527. The predicted molar refractivity (Wildman–Crippen MR) is 104 cm³/mol. The third-order valence-corrected chi connectivity index (χ3v) is 4.61. The van der Waals surface area contributed by atoms with Gasteiger partial charge in [-0.15, -0.1) is 0 Å². The number of ether oxygens (including phenoxy) is 2. The first kappa shape index (κ1) is 18.3. The molecule has 6 heteroatoms. The zero-order valence-electron chi connectivity index (χ0n) is 15.4. The van der Waals surface area contributed by atoms with Crippen molar-refractivity contribution in [2.75, 3.05) is 30.9 Å². The first-order valence-corrected chi connectivity index (χ1v) is 9.43. The molecular formula is C20H28N4O2. The van der Waals surface area contributed by atoms with Crippen molar-refractivity contribution in [3.05, 3.63) is 36.7 Å². The molecule has 1 saturated carbocycles. The number of rotatable bonds is 8. The highest BCUT2D eigenvalue weighted by Gasteiger charge is 2.12. The molecule has 0 radical (unpaired) electrons. The number of aromatic nitrogens is 2. The summed E-state index contributed by atoms with van der Waals surface area (Å²) in [4.78, 5) is 8.63. The molecule has 0 amide bonds. The fourth-order valence-electron chi connectivity index (χ4n) is 3.19. The highest BCUT2D eigenvalue weighted by Crippen LogP contribution is 2.21. The van der Waals surface area contributed by atoms with Gasteiger partial charge in [0.15, 0.2) is 0 Å². The van der Waals surface area contributed by atoms with Crippen LogP contribution in [0, 0.1) is 0 Å². The molecule has 2 N–H and O–H groups in total. The van der Waals surface area contributed by atoms with Crippen LogP contribution in [0.15, 0.2) is 36.7 Å². The Labute approximate surface area is 155 Å². The van der Waals surface area contributed by atoms with Gasteiger partial charge in [-0.2, -0.15) is 0 Å². The van der Waals surface area contributed by atoms with E-state index in [1.807, 2.05) is 30.3 Å². The third-order valence-electron chi connectivity index (χ3n) is 4.61. The number of benzene rings is 1. The van der Waals surface area contributed by atoms with E-state index in [1.165, 1.54) is 38.5 Å². The monoisotopic (exact) mass is 356 g/mol. The summed E-state index contributed by atoms with van der Waals surface area (Å²) in [6, 6.07) is 10.1. The molecule has 2 aromatic rings. The van der Waals surface area contributed by atoms with Gasteiger partial charge in [0.1, 0.15) is 36.1 Å². The first-order valence-electron chi connectivity index (χ1n) is 9.43. The van der Waals surface area contributed by atoms with Crippen molar-refractivity contribution in [3.8, 4) is 11.5 Å². The quantitative estimate of drug-likeness (QED) is 0.548. The second-order valence-electron chi connectivity index (χ2n) is 6.57. The maximum Gasteiger partial charge on any atom is 0.131 e. The molecule has 0 aliphatic heterocycles. The Hall–Kier alpha value is -2.50. The van der Waals surface area contributed by atoms with Gasteiger partial charge in [-0.1, -0.05) is 25.7 Å². The summed E-state index contributed by atoms with van der Waals surface area (Å²) < 4.78 is 10.9. The highest BCUT2D eigenvalue weighted by atomic mass is 16.5. The second kappa shape index (κ2) is 9.85. The summed E-state index contributed by atoms with van der Waals surface area (Å²) in [5.41, 5.74) is 0. The van der Waals surface area contributed by atoms with Gasteiger partial charge in [-0.05, 0) is 37.1 Å². The average molecular weight is 356 g/mol. The molecule has 0 spiro atoms. The van der Waals surface area contributed by atoms with Crippen LogP contribution >= 0.6 is 0 Å². The van der Waals surface area contributed by atoms with Gasteiger partial charge in [-0.3, -0.25) is 0 Å². The molecule has 1 aromatic carbocycles. The Morgan fingerprint density at radius 1 is 0.962 bits per heavy atom. The molecule has 0 atom stereocenters. The minimum atomic E-state index is 0.527. The predicted octanol–water partition coefficient (Wildman–Crippen LogP) is 4.11. The first-order chi connectivity index (χ1) is 12.8. The number of nitrogens with zero attached hydrogens (tertiary/aromatic N) is 2. The fraction of sp³-hybridized carbons (Fsp3) is 0.500. The molecule has 3 rings (SSSR count). The zero-order chi connectivity index (χ0) is 18.0. The van der Waals surface area contributed by atoms with Crippen LogP contribution in [-0.4, -0.2) is 36.3 Å². The van der Waals surface area contributed by atoms with Gasteiger partial charge >= 0.3 is 0 Å². The fourth-order valence-corrected chi connectivity index (χ4v) is 3.19. The summed E-state index contributed by atoms with van der Waals surface area (Å²) in [5, 5.41) is 6.84.